The van der Waals surface area contributed by atoms with Gasteiger partial charge in [0.15, 0.2) is 11.6 Å². The molecule has 1 aromatic heterocycles. The topological polar surface area (TPSA) is 73.0 Å². The molecular weight excluding hydrogens is 258 g/mol. The van der Waals surface area contributed by atoms with Gasteiger partial charge in [-0.15, -0.1) is 0 Å². The minimum absolute atomic E-state index is 0.397. The molecule has 0 spiro atoms. The van der Waals surface area contributed by atoms with Crippen LogP contribution >= 0.6 is 0 Å². The zero-order valence-corrected chi connectivity index (χ0v) is 9.93. The van der Waals surface area contributed by atoms with Crippen LogP contribution < -0.4 is 5.32 Å². The summed E-state index contributed by atoms with van der Waals surface area (Å²) in [6.45, 7) is 2.48. The zero-order valence-electron chi connectivity index (χ0n) is 9.93. The molecule has 0 saturated carbocycles. The SMILES string of the molecule is CCn1cc(Nc2c(F)cc([N+](=O)[O-])cc2F)cn1. The van der Waals surface area contributed by atoms with Crippen molar-refractivity contribution >= 4 is 17.1 Å². The number of aryl methyl sites for hydroxylation is 1. The van der Waals surface area contributed by atoms with Gasteiger partial charge < -0.3 is 5.32 Å². The van der Waals surface area contributed by atoms with Crippen LogP contribution in [-0.4, -0.2) is 14.7 Å². The van der Waals surface area contributed by atoms with Crippen LogP contribution in [0.15, 0.2) is 24.5 Å². The second kappa shape index (κ2) is 5.01. The lowest BCUT2D eigenvalue weighted by atomic mass is 10.2. The Balaban J connectivity index is 2.32. The smallest absolute Gasteiger partial charge is 0.275 e. The van der Waals surface area contributed by atoms with E-state index in [1.165, 1.54) is 6.20 Å². The van der Waals surface area contributed by atoms with Crippen LogP contribution in [0.2, 0.25) is 0 Å². The van der Waals surface area contributed by atoms with Crippen LogP contribution in [0.3, 0.4) is 0 Å². The molecule has 19 heavy (non-hydrogen) atoms. The summed E-state index contributed by atoms with van der Waals surface area (Å²) in [6.07, 6.45) is 2.98. The monoisotopic (exact) mass is 268 g/mol. The molecule has 0 aliphatic carbocycles. The zero-order chi connectivity index (χ0) is 14.0. The van der Waals surface area contributed by atoms with Crippen LogP contribution in [0.5, 0.6) is 0 Å². The number of non-ortho nitro benzene ring substituents is 1. The largest absolute Gasteiger partial charge is 0.348 e. The number of halogens is 2. The van der Waals surface area contributed by atoms with E-state index >= 15 is 0 Å². The Morgan fingerprint density at radius 3 is 2.53 bits per heavy atom. The number of benzene rings is 1. The van der Waals surface area contributed by atoms with Crippen molar-refractivity contribution in [2.75, 3.05) is 5.32 Å². The first kappa shape index (κ1) is 12.9. The van der Waals surface area contributed by atoms with Crippen molar-refractivity contribution in [2.45, 2.75) is 13.5 Å². The van der Waals surface area contributed by atoms with Gasteiger partial charge >= 0.3 is 0 Å². The van der Waals surface area contributed by atoms with Crippen molar-refractivity contribution in [2.24, 2.45) is 0 Å². The summed E-state index contributed by atoms with van der Waals surface area (Å²) in [5.41, 5.74) is -0.681. The van der Waals surface area contributed by atoms with Crippen molar-refractivity contribution in [3.63, 3.8) is 0 Å². The van der Waals surface area contributed by atoms with Gasteiger partial charge in [0.2, 0.25) is 0 Å². The van der Waals surface area contributed by atoms with Crippen LogP contribution in [-0.2, 0) is 6.54 Å². The average molecular weight is 268 g/mol. The number of nitrogens with zero attached hydrogens (tertiary/aromatic N) is 3. The second-order valence-electron chi connectivity index (χ2n) is 3.75. The molecule has 1 heterocycles. The molecule has 100 valence electrons. The quantitative estimate of drug-likeness (QED) is 0.683. The molecular formula is C11H10F2N4O2. The maximum Gasteiger partial charge on any atom is 0.275 e. The average Bonchev–Trinajstić information content (AvgIpc) is 2.81. The highest BCUT2D eigenvalue weighted by Crippen LogP contribution is 2.27. The second-order valence-corrected chi connectivity index (χ2v) is 3.75. The Morgan fingerprint density at radius 2 is 2.05 bits per heavy atom. The summed E-state index contributed by atoms with van der Waals surface area (Å²) in [7, 11) is 0. The number of hydrogen-bond acceptors (Lipinski definition) is 4. The van der Waals surface area contributed by atoms with Crippen molar-refractivity contribution < 1.29 is 13.7 Å². The van der Waals surface area contributed by atoms with Gasteiger partial charge in [-0.05, 0) is 6.92 Å². The molecule has 0 radical (unpaired) electrons. The highest BCUT2D eigenvalue weighted by molar-refractivity contribution is 5.61. The van der Waals surface area contributed by atoms with Gasteiger partial charge in [-0.3, -0.25) is 14.8 Å². The maximum atomic E-state index is 13.6. The van der Waals surface area contributed by atoms with E-state index in [4.69, 9.17) is 0 Å². The first-order valence-electron chi connectivity index (χ1n) is 5.44. The fraction of sp³-hybridized carbons (Fsp3) is 0.182. The standard InChI is InChI=1S/C11H10F2N4O2/c1-2-16-6-7(5-14-16)15-11-9(12)3-8(17(18)19)4-10(11)13/h3-6,15H,2H2,1H3. The van der Waals surface area contributed by atoms with Crippen molar-refractivity contribution in [1.29, 1.82) is 0 Å². The third kappa shape index (κ3) is 2.67. The van der Waals surface area contributed by atoms with E-state index in [2.05, 4.69) is 10.4 Å². The molecule has 1 N–H and O–H groups in total. The Hall–Kier alpha value is -2.51. The molecule has 0 fully saturated rings. The van der Waals surface area contributed by atoms with Crippen LogP contribution in [0.4, 0.5) is 25.8 Å². The third-order valence-corrected chi connectivity index (χ3v) is 2.46. The summed E-state index contributed by atoms with van der Waals surface area (Å²) in [5.74, 6) is -2.06. The predicted molar refractivity (Wildman–Crippen MR) is 64.2 cm³/mol. The van der Waals surface area contributed by atoms with Gasteiger partial charge in [0.05, 0.1) is 28.9 Å². The first-order chi connectivity index (χ1) is 9.01. The Morgan fingerprint density at radius 1 is 1.42 bits per heavy atom. The number of aromatic nitrogens is 2. The van der Waals surface area contributed by atoms with Crippen LogP contribution in [0.25, 0.3) is 0 Å². The van der Waals surface area contributed by atoms with Crippen molar-refractivity contribution in [1.82, 2.24) is 9.78 Å². The summed E-state index contributed by atoms with van der Waals surface area (Å²) < 4.78 is 28.8. The number of hydrogen-bond donors (Lipinski definition) is 1. The summed E-state index contributed by atoms with van der Waals surface area (Å²) in [4.78, 5) is 9.60. The van der Waals surface area contributed by atoms with Crippen LogP contribution in [0.1, 0.15) is 6.92 Å². The molecule has 0 saturated heterocycles. The van der Waals surface area contributed by atoms with E-state index in [-0.39, 0.29) is 0 Å². The fourth-order valence-electron chi connectivity index (χ4n) is 1.53. The summed E-state index contributed by atoms with van der Waals surface area (Å²) in [5, 5.41) is 16.9. The predicted octanol–water partition coefficient (Wildman–Crippen LogP) is 2.83. The first-order valence-corrected chi connectivity index (χ1v) is 5.44. The van der Waals surface area contributed by atoms with Gasteiger partial charge in [-0.25, -0.2) is 8.78 Å². The Kier molecular flexibility index (Phi) is 3.41. The van der Waals surface area contributed by atoms with E-state index in [1.807, 2.05) is 6.92 Å². The van der Waals surface area contributed by atoms with E-state index in [9.17, 15) is 18.9 Å². The number of rotatable bonds is 4. The molecule has 2 rings (SSSR count). The molecule has 6 nitrogen and oxygen atoms in total. The highest BCUT2D eigenvalue weighted by atomic mass is 19.1. The molecule has 0 amide bonds. The number of nitro groups is 1. The van der Waals surface area contributed by atoms with E-state index in [0.29, 0.717) is 24.4 Å². The molecule has 0 atom stereocenters. The summed E-state index contributed by atoms with van der Waals surface area (Å²) >= 11 is 0. The lowest BCUT2D eigenvalue weighted by Gasteiger charge is -2.06. The van der Waals surface area contributed by atoms with Crippen molar-refractivity contribution in [3.05, 3.63) is 46.3 Å². The van der Waals surface area contributed by atoms with E-state index < -0.39 is 27.9 Å². The van der Waals surface area contributed by atoms with Gasteiger partial charge in [0.1, 0.15) is 5.69 Å². The van der Waals surface area contributed by atoms with Gasteiger partial charge in [-0.1, -0.05) is 0 Å². The highest BCUT2D eigenvalue weighted by Gasteiger charge is 2.17. The Labute approximate surface area is 106 Å². The molecule has 2 aromatic rings. The molecule has 0 aliphatic rings. The Bertz CT molecular complexity index is 604. The normalized spacial score (nSPS) is 10.5. The number of nitrogens with one attached hydrogen (secondary N) is 1. The van der Waals surface area contributed by atoms with Gasteiger partial charge in [-0.2, -0.15) is 5.10 Å². The van der Waals surface area contributed by atoms with E-state index in [0.717, 1.165) is 0 Å². The molecule has 0 bridgehead atoms. The summed E-state index contributed by atoms with van der Waals surface area (Å²) in [6, 6.07) is 1.32. The minimum Gasteiger partial charge on any atom is -0.348 e. The van der Waals surface area contributed by atoms with Crippen LogP contribution in [0, 0.1) is 21.7 Å². The third-order valence-electron chi connectivity index (χ3n) is 2.46. The number of anilines is 2. The molecule has 1 aromatic carbocycles. The maximum absolute atomic E-state index is 13.6. The molecule has 0 aliphatic heterocycles. The van der Waals surface area contributed by atoms with Gasteiger partial charge in [0, 0.05) is 12.7 Å². The minimum atomic E-state index is -1.03. The lowest BCUT2D eigenvalue weighted by Crippen LogP contribution is -1.99. The molecule has 8 heteroatoms. The van der Waals surface area contributed by atoms with E-state index in [1.54, 1.807) is 10.9 Å². The van der Waals surface area contributed by atoms with Gasteiger partial charge in [0.25, 0.3) is 5.69 Å². The molecule has 0 unspecified atom stereocenters. The van der Waals surface area contributed by atoms with Crippen molar-refractivity contribution in [3.8, 4) is 0 Å². The lowest BCUT2D eigenvalue weighted by molar-refractivity contribution is -0.385. The fourth-order valence-corrected chi connectivity index (χ4v) is 1.53. The number of nitro benzene ring substituents is 1.